The monoisotopic (exact) mass is 361 g/mol. The lowest BCUT2D eigenvalue weighted by Gasteiger charge is -2.23. The lowest BCUT2D eigenvalue weighted by Crippen LogP contribution is -2.43. The second kappa shape index (κ2) is 11.7. The van der Waals surface area contributed by atoms with Gasteiger partial charge in [-0.3, -0.25) is 9.69 Å². The van der Waals surface area contributed by atoms with Crippen molar-refractivity contribution in [2.45, 2.75) is 45.7 Å². The molecule has 1 atom stereocenters. The third kappa shape index (κ3) is 7.08. The quantitative estimate of drug-likeness (QED) is 0.815. The zero-order valence-electron chi connectivity index (χ0n) is 14.0. The molecule has 1 saturated heterocycles. The summed E-state index contributed by atoms with van der Waals surface area (Å²) in [6, 6.07) is 8.14. The van der Waals surface area contributed by atoms with Gasteiger partial charge in [-0.05, 0) is 50.2 Å². The van der Waals surface area contributed by atoms with Gasteiger partial charge in [0, 0.05) is 12.2 Å². The van der Waals surface area contributed by atoms with Gasteiger partial charge >= 0.3 is 0 Å². The third-order valence-corrected chi connectivity index (χ3v) is 4.12. The Labute approximate surface area is 152 Å². The van der Waals surface area contributed by atoms with Crippen molar-refractivity contribution in [3.63, 3.8) is 0 Å². The van der Waals surface area contributed by atoms with E-state index in [0.717, 1.165) is 44.7 Å². The minimum Gasteiger partial charge on any atom is -0.325 e. The molecule has 0 saturated carbocycles. The molecule has 1 aromatic carbocycles. The number of piperidine rings is 1. The maximum Gasteiger partial charge on any atom is 0.241 e. The molecule has 1 fully saturated rings. The molecule has 4 nitrogen and oxygen atoms in total. The van der Waals surface area contributed by atoms with Gasteiger partial charge in [-0.1, -0.05) is 32.4 Å². The van der Waals surface area contributed by atoms with Crippen LogP contribution in [0.15, 0.2) is 24.3 Å². The van der Waals surface area contributed by atoms with Crippen LogP contribution < -0.4 is 10.6 Å². The summed E-state index contributed by atoms with van der Waals surface area (Å²) in [6.07, 6.45) is 3.24. The van der Waals surface area contributed by atoms with E-state index >= 15 is 0 Å². The minimum absolute atomic E-state index is 0. The van der Waals surface area contributed by atoms with Gasteiger partial charge in [0.15, 0.2) is 0 Å². The highest BCUT2D eigenvalue weighted by atomic mass is 35.5. The molecule has 0 unspecified atom stereocenters. The minimum atomic E-state index is -0.0369. The fourth-order valence-corrected chi connectivity index (χ4v) is 2.76. The van der Waals surface area contributed by atoms with Crippen LogP contribution in [0.2, 0.25) is 0 Å². The van der Waals surface area contributed by atoms with Gasteiger partial charge in [-0.25, -0.2) is 0 Å². The largest absolute Gasteiger partial charge is 0.325 e. The normalized spacial score (nSPS) is 17.1. The molecule has 0 aliphatic carbocycles. The zero-order chi connectivity index (χ0) is 15.1. The third-order valence-electron chi connectivity index (χ3n) is 4.12. The second-order valence-electron chi connectivity index (χ2n) is 5.65. The lowest BCUT2D eigenvalue weighted by molar-refractivity contribution is -0.118. The van der Waals surface area contributed by atoms with Gasteiger partial charge < -0.3 is 10.6 Å². The first kappa shape index (κ1) is 22.2. The predicted octanol–water partition coefficient (Wildman–Crippen LogP) is 3.45. The molecule has 2 N–H and O–H groups in total. The predicted molar refractivity (Wildman–Crippen MR) is 102 cm³/mol. The molecule has 1 aliphatic rings. The molecular formula is C17H29Cl2N3O. The molecule has 2 rings (SSSR count). The molecule has 0 radical (unpaired) electrons. The fraction of sp³-hybridized carbons (Fsp3) is 0.588. The van der Waals surface area contributed by atoms with E-state index in [2.05, 4.69) is 41.5 Å². The summed E-state index contributed by atoms with van der Waals surface area (Å²) in [7, 11) is 0. The summed E-state index contributed by atoms with van der Waals surface area (Å²) < 4.78 is 0. The van der Waals surface area contributed by atoms with Crippen LogP contribution in [-0.2, 0) is 11.3 Å². The topological polar surface area (TPSA) is 44.4 Å². The van der Waals surface area contributed by atoms with Crippen molar-refractivity contribution in [2.75, 3.05) is 25.0 Å². The van der Waals surface area contributed by atoms with Crippen LogP contribution in [-0.4, -0.2) is 36.5 Å². The van der Waals surface area contributed by atoms with E-state index < -0.39 is 0 Å². The van der Waals surface area contributed by atoms with E-state index in [0.29, 0.717) is 0 Å². The Hall–Kier alpha value is -0.810. The second-order valence-corrected chi connectivity index (χ2v) is 5.65. The molecule has 23 heavy (non-hydrogen) atoms. The maximum atomic E-state index is 12.2. The smallest absolute Gasteiger partial charge is 0.241 e. The van der Waals surface area contributed by atoms with E-state index in [1.54, 1.807) is 0 Å². The summed E-state index contributed by atoms with van der Waals surface area (Å²) in [6.45, 7) is 8.30. The first-order chi connectivity index (χ1) is 10.2. The number of benzene rings is 1. The van der Waals surface area contributed by atoms with Crippen molar-refractivity contribution < 1.29 is 4.79 Å². The average Bonchev–Trinajstić information content (AvgIpc) is 2.53. The molecule has 1 aromatic rings. The highest BCUT2D eigenvalue weighted by Crippen LogP contribution is 2.15. The molecular weight excluding hydrogens is 333 g/mol. The Morgan fingerprint density at radius 2 is 2.00 bits per heavy atom. The van der Waals surface area contributed by atoms with Crippen molar-refractivity contribution in [3.8, 4) is 0 Å². The number of anilines is 1. The number of halogens is 2. The van der Waals surface area contributed by atoms with Crippen LogP contribution in [0, 0.1) is 0 Å². The number of rotatable bonds is 6. The molecule has 1 amide bonds. The fourth-order valence-electron chi connectivity index (χ4n) is 2.76. The van der Waals surface area contributed by atoms with Gasteiger partial charge in [-0.2, -0.15) is 0 Å². The van der Waals surface area contributed by atoms with Gasteiger partial charge in [0.25, 0.3) is 0 Å². The summed E-state index contributed by atoms with van der Waals surface area (Å²) in [5.74, 6) is 0.0923. The summed E-state index contributed by atoms with van der Waals surface area (Å²) in [4.78, 5) is 14.6. The molecule has 6 heteroatoms. The van der Waals surface area contributed by atoms with Crippen LogP contribution in [0.5, 0.6) is 0 Å². The van der Waals surface area contributed by atoms with E-state index in [1.165, 1.54) is 12.0 Å². The molecule has 0 aromatic heterocycles. The van der Waals surface area contributed by atoms with Crippen LogP contribution in [0.1, 0.15) is 38.7 Å². The maximum absolute atomic E-state index is 12.2. The summed E-state index contributed by atoms with van der Waals surface area (Å²) in [5, 5.41) is 6.33. The standard InChI is InChI=1S/C17H27N3O.2ClH/c1-3-20(4-2)13-14-8-7-9-15(12-14)19-17(21)16-10-5-6-11-18-16;;/h7-9,12,16,18H,3-6,10-11,13H2,1-2H3,(H,19,21);2*1H/t16-;;/m1../s1. The lowest BCUT2D eigenvalue weighted by atomic mass is 10.0. The summed E-state index contributed by atoms with van der Waals surface area (Å²) in [5.41, 5.74) is 2.14. The van der Waals surface area contributed by atoms with E-state index in [4.69, 9.17) is 0 Å². The molecule has 0 spiro atoms. The number of amides is 1. The van der Waals surface area contributed by atoms with Crippen LogP contribution >= 0.6 is 24.8 Å². The molecule has 1 aliphatic heterocycles. The van der Waals surface area contributed by atoms with E-state index in [9.17, 15) is 4.79 Å². The van der Waals surface area contributed by atoms with Crippen LogP contribution in [0.25, 0.3) is 0 Å². The Morgan fingerprint density at radius 1 is 1.26 bits per heavy atom. The Balaban J connectivity index is 0.00000242. The first-order valence-electron chi connectivity index (χ1n) is 8.08. The summed E-state index contributed by atoms with van der Waals surface area (Å²) >= 11 is 0. The highest BCUT2D eigenvalue weighted by molar-refractivity contribution is 5.94. The first-order valence-corrected chi connectivity index (χ1v) is 8.08. The van der Waals surface area contributed by atoms with Crippen LogP contribution in [0.4, 0.5) is 5.69 Å². The number of carbonyl (C=O) groups is 1. The van der Waals surface area contributed by atoms with E-state index in [1.807, 2.05) is 12.1 Å². The molecule has 0 bridgehead atoms. The van der Waals surface area contributed by atoms with E-state index in [-0.39, 0.29) is 36.8 Å². The van der Waals surface area contributed by atoms with Crippen molar-refractivity contribution >= 4 is 36.4 Å². The van der Waals surface area contributed by atoms with Crippen molar-refractivity contribution in [1.29, 1.82) is 0 Å². The van der Waals surface area contributed by atoms with Gasteiger partial charge in [-0.15, -0.1) is 24.8 Å². The Bertz CT molecular complexity index is 461. The highest BCUT2D eigenvalue weighted by Gasteiger charge is 2.20. The number of hydrogen-bond acceptors (Lipinski definition) is 3. The molecule has 132 valence electrons. The van der Waals surface area contributed by atoms with Crippen LogP contribution in [0.3, 0.4) is 0 Å². The number of carbonyl (C=O) groups excluding carboxylic acids is 1. The Kier molecular flexibility index (Phi) is 11.3. The number of nitrogens with one attached hydrogen (secondary N) is 2. The number of nitrogens with zero attached hydrogens (tertiary/aromatic N) is 1. The van der Waals surface area contributed by atoms with Gasteiger partial charge in [0.1, 0.15) is 0 Å². The average molecular weight is 362 g/mol. The van der Waals surface area contributed by atoms with Gasteiger partial charge in [0.05, 0.1) is 6.04 Å². The zero-order valence-corrected chi connectivity index (χ0v) is 15.6. The molecule has 1 heterocycles. The van der Waals surface area contributed by atoms with Crippen molar-refractivity contribution in [3.05, 3.63) is 29.8 Å². The van der Waals surface area contributed by atoms with Crippen molar-refractivity contribution in [2.24, 2.45) is 0 Å². The number of hydrogen-bond donors (Lipinski definition) is 2. The SMILES string of the molecule is CCN(CC)Cc1cccc(NC(=O)[C@H]2CCCCN2)c1.Cl.Cl. The van der Waals surface area contributed by atoms with Gasteiger partial charge in [0.2, 0.25) is 5.91 Å². The van der Waals surface area contributed by atoms with Crippen molar-refractivity contribution in [1.82, 2.24) is 10.2 Å². The Morgan fingerprint density at radius 3 is 2.61 bits per heavy atom.